The number of nitrogens with zero attached hydrogens (tertiary/aromatic N) is 1. The molecule has 3 heteroatoms. The molecular formula is C51H63B2N. The third-order valence-electron chi connectivity index (χ3n) is 12.6. The van der Waals surface area contributed by atoms with Crippen LogP contribution in [0.3, 0.4) is 0 Å². The van der Waals surface area contributed by atoms with Crippen LogP contribution in [-0.2, 0) is 0 Å². The van der Waals surface area contributed by atoms with Crippen molar-refractivity contribution in [2.75, 3.05) is 4.90 Å². The van der Waals surface area contributed by atoms with Gasteiger partial charge >= 0.3 is 0 Å². The number of fused-ring (bicyclic) bond motifs is 4. The number of anilines is 3. The monoisotopic (exact) mass is 712 g/mol. The maximum absolute atomic E-state index is 2.67. The highest BCUT2D eigenvalue weighted by Gasteiger charge is 2.46. The minimum Gasteiger partial charge on any atom is -0.313 e. The maximum atomic E-state index is 2.67. The largest absolute Gasteiger partial charge is 0.313 e. The fourth-order valence-corrected chi connectivity index (χ4v) is 9.77. The Morgan fingerprint density at radius 1 is 0.370 bits per heavy atom. The molecule has 5 aromatic rings. The quantitative estimate of drug-likeness (QED) is 0.142. The van der Waals surface area contributed by atoms with Gasteiger partial charge in [-0.1, -0.05) is 171 Å². The molecule has 0 atom stereocenters. The molecule has 2 aliphatic heterocycles. The lowest BCUT2D eigenvalue weighted by atomic mass is 9.28. The summed E-state index contributed by atoms with van der Waals surface area (Å²) in [6.07, 6.45) is 0. The Hall–Kier alpha value is -3.97. The van der Waals surface area contributed by atoms with Crippen molar-refractivity contribution in [1.29, 1.82) is 0 Å². The van der Waals surface area contributed by atoms with Crippen molar-refractivity contribution in [3.63, 3.8) is 0 Å². The summed E-state index contributed by atoms with van der Waals surface area (Å²) in [4.78, 5) is 2.67. The average molecular weight is 712 g/mol. The van der Waals surface area contributed by atoms with Gasteiger partial charge in [-0.25, -0.2) is 0 Å². The van der Waals surface area contributed by atoms with E-state index in [1.54, 1.807) is 0 Å². The van der Waals surface area contributed by atoms with E-state index < -0.39 is 0 Å². The first-order valence-electron chi connectivity index (χ1n) is 21.0. The standard InChI is InChI=1S/C51H63B2N/c1-28(2)37-24-39(30(5)6)49(40(25-37)31(7)8)52-43-20-34(13)16-18-47(43)54-48-19-17-35(14)21-44(48)53(46-23-36(15)22-45(52)51(46)54)50-41(32(9)10)26-38(29(3)4)27-42(50)33(11)12/h16-33H,1-15H3. The molecule has 0 aromatic heterocycles. The van der Waals surface area contributed by atoms with Crippen LogP contribution >= 0.6 is 0 Å². The van der Waals surface area contributed by atoms with Crippen LogP contribution in [0.2, 0.25) is 0 Å². The van der Waals surface area contributed by atoms with E-state index in [4.69, 9.17) is 0 Å². The van der Waals surface area contributed by atoms with E-state index in [2.05, 4.69) is 182 Å². The van der Waals surface area contributed by atoms with Crippen molar-refractivity contribution in [3.8, 4) is 0 Å². The lowest BCUT2D eigenvalue weighted by molar-refractivity contribution is 0.812. The Bertz CT molecular complexity index is 2040. The zero-order valence-corrected chi connectivity index (χ0v) is 36.0. The molecule has 0 spiro atoms. The molecule has 278 valence electrons. The first-order chi connectivity index (χ1) is 25.5. The molecule has 54 heavy (non-hydrogen) atoms. The Balaban J connectivity index is 1.66. The second kappa shape index (κ2) is 14.3. The van der Waals surface area contributed by atoms with Crippen LogP contribution < -0.4 is 37.7 Å². The van der Waals surface area contributed by atoms with Gasteiger partial charge in [0.1, 0.15) is 0 Å². The van der Waals surface area contributed by atoms with Gasteiger partial charge in [0.2, 0.25) is 13.4 Å². The molecule has 0 amide bonds. The van der Waals surface area contributed by atoms with Gasteiger partial charge in [0.05, 0.1) is 0 Å². The minimum absolute atomic E-state index is 0.130. The predicted octanol–water partition coefficient (Wildman–Crippen LogP) is 10.5. The number of aryl methyl sites for hydroxylation is 3. The highest BCUT2D eigenvalue weighted by Crippen LogP contribution is 2.40. The molecule has 0 saturated carbocycles. The summed E-state index contributed by atoms with van der Waals surface area (Å²) in [5.74, 6) is 2.57. The summed E-state index contributed by atoms with van der Waals surface area (Å²) in [6, 6.07) is 29.9. The maximum Gasteiger partial charge on any atom is 0.247 e. The molecule has 0 bridgehead atoms. The molecule has 0 N–H and O–H groups in total. The van der Waals surface area contributed by atoms with E-state index in [9.17, 15) is 0 Å². The summed E-state index contributed by atoms with van der Waals surface area (Å²) in [7, 11) is 0. The van der Waals surface area contributed by atoms with Crippen LogP contribution in [0, 0.1) is 20.8 Å². The van der Waals surface area contributed by atoms with Gasteiger partial charge in [-0.2, -0.15) is 0 Å². The molecule has 1 nitrogen and oxygen atoms in total. The van der Waals surface area contributed by atoms with Gasteiger partial charge in [0.25, 0.3) is 0 Å². The predicted molar refractivity (Wildman–Crippen MR) is 242 cm³/mol. The molecule has 0 fully saturated rings. The fraction of sp³-hybridized carbons (Fsp3) is 0.412. The Labute approximate surface area is 329 Å². The summed E-state index contributed by atoms with van der Waals surface area (Å²) >= 11 is 0. The molecule has 7 rings (SSSR count). The zero-order chi connectivity index (χ0) is 39.1. The lowest BCUT2D eigenvalue weighted by Crippen LogP contribution is -2.66. The number of hydrogen-bond donors (Lipinski definition) is 0. The molecule has 0 aliphatic carbocycles. The van der Waals surface area contributed by atoms with E-state index in [1.807, 2.05) is 0 Å². The average Bonchev–Trinajstić information content (AvgIpc) is 3.10. The number of hydrogen-bond acceptors (Lipinski definition) is 1. The van der Waals surface area contributed by atoms with E-state index in [-0.39, 0.29) is 13.4 Å². The summed E-state index contributed by atoms with van der Waals surface area (Å²) in [5, 5.41) is 0. The smallest absolute Gasteiger partial charge is 0.247 e. The second-order valence-corrected chi connectivity index (χ2v) is 18.8. The van der Waals surface area contributed by atoms with Crippen molar-refractivity contribution < 1.29 is 0 Å². The van der Waals surface area contributed by atoms with Crippen LogP contribution in [0.1, 0.15) is 169 Å². The van der Waals surface area contributed by atoms with E-state index in [0.29, 0.717) is 35.5 Å². The number of rotatable bonds is 8. The highest BCUT2D eigenvalue weighted by atomic mass is 15.2. The topological polar surface area (TPSA) is 3.24 Å². The highest BCUT2D eigenvalue weighted by molar-refractivity contribution is 7.02. The lowest BCUT2D eigenvalue weighted by Gasteiger charge is -2.45. The van der Waals surface area contributed by atoms with Crippen LogP contribution in [0.25, 0.3) is 0 Å². The number of benzene rings is 5. The van der Waals surface area contributed by atoms with Gasteiger partial charge in [-0.15, -0.1) is 0 Å². The Morgan fingerprint density at radius 3 is 0.981 bits per heavy atom. The summed E-state index contributed by atoms with van der Waals surface area (Å²) < 4.78 is 0. The van der Waals surface area contributed by atoms with Crippen molar-refractivity contribution >= 4 is 63.3 Å². The Morgan fingerprint density at radius 2 is 0.685 bits per heavy atom. The van der Waals surface area contributed by atoms with E-state index >= 15 is 0 Å². The van der Waals surface area contributed by atoms with E-state index in [0.717, 1.165) is 0 Å². The normalized spacial score (nSPS) is 13.6. The van der Waals surface area contributed by atoms with E-state index in [1.165, 1.54) is 99.9 Å². The molecule has 5 aromatic carbocycles. The summed E-state index contributed by atoms with van der Waals surface area (Å²) in [5.41, 5.74) is 25.8. The fourth-order valence-electron chi connectivity index (χ4n) is 9.77. The van der Waals surface area contributed by atoms with Gasteiger partial charge in [-0.3, -0.25) is 0 Å². The molecule has 0 saturated heterocycles. The third-order valence-corrected chi connectivity index (χ3v) is 12.6. The molecule has 0 unspecified atom stereocenters. The van der Waals surface area contributed by atoms with Crippen molar-refractivity contribution in [3.05, 3.63) is 123 Å². The minimum atomic E-state index is 0.130. The van der Waals surface area contributed by atoms with Crippen molar-refractivity contribution in [2.45, 2.75) is 139 Å². The molecular weight excluding hydrogens is 648 g/mol. The first-order valence-corrected chi connectivity index (χ1v) is 21.0. The van der Waals surface area contributed by atoms with Crippen LogP contribution in [0.4, 0.5) is 17.1 Å². The SMILES string of the molecule is Cc1ccc2c(c1)B(c1c(C(C)C)cc(C(C)C)cc1C(C)C)c1cc(C)cc3c1N2c1ccc(C)cc1B3c1c(C(C)C)cc(C(C)C)cc1C(C)C. The van der Waals surface area contributed by atoms with Crippen LogP contribution in [0.5, 0.6) is 0 Å². The van der Waals surface area contributed by atoms with Crippen molar-refractivity contribution in [2.24, 2.45) is 0 Å². The summed E-state index contributed by atoms with van der Waals surface area (Å²) in [6.45, 7) is 35.8. The van der Waals surface area contributed by atoms with Crippen LogP contribution in [0.15, 0.2) is 72.8 Å². The van der Waals surface area contributed by atoms with Gasteiger partial charge < -0.3 is 4.90 Å². The van der Waals surface area contributed by atoms with Crippen LogP contribution in [-0.4, -0.2) is 13.4 Å². The molecule has 2 aliphatic rings. The third kappa shape index (κ3) is 6.28. The van der Waals surface area contributed by atoms with Crippen molar-refractivity contribution in [1.82, 2.24) is 0 Å². The van der Waals surface area contributed by atoms with Gasteiger partial charge in [0, 0.05) is 17.1 Å². The second-order valence-electron chi connectivity index (χ2n) is 18.8. The first kappa shape index (κ1) is 38.3. The Kier molecular flexibility index (Phi) is 10.1. The van der Waals surface area contributed by atoms with Gasteiger partial charge in [-0.05, 0) is 124 Å². The van der Waals surface area contributed by atoms with Gasteiger partial charge in [0.15, 0.2) is 0 Å². The molecule has 2 heterocycles. The zero-order valence-electron chi connectivity index (χ0n) is 36.0. The molecule has 0 radical (unpaired) electrons.